The van der Waals surface area contributed by atoms with Gasteiger partial charge in [0.15, 0.2) is 0 Å². The topological polar surface area (TPSA) is 90.7 Å². The lowest BCUT2D eigenvalue weighted by Gasteiger charge is -2.33. The highest BCUT2D eigenvalue weighted by Gasteiger charge is 2.31. The number of alkyl halides is 2. The minimum atomic E-state index is -2.85. The lowest BCUT2D eigenvalue weighted by atomic mass is 9.86. The maximum absolute atomic E-state index is 15.4. The summed E-state index contributed by atoms with van der Waals surface area (Å²) >= 11 is 0. The number of aliphatic hydroxyl groups is 1. The molecule has 0 bridgehead atoms. The summed E-state index contributed by atoms with van der Waals surface area (Å²) in [6.45, 7) is 4.55. The molecule has 40 heavy (non-hydrogen) atoms. The predicted molar refractivity (Wildman–Crippen MR) is 143 cm³/mol. The number of anilines is 2. The highest BCUT2D eigenvalue weighted by Crippen LogP contribution is 2.40. The zero-order valence-corrected chi connectivity index (χ0v) is 22.6. The van der Waals surface area contributed by atoms with Crippen LogP contribution < -0.4 is 5.32 Å². The van der Waals surface area contributed by atoms with E-state index in [1.54, 1.807) is 30.0 Å². The van der Waals surface area contributed by atoms with Crippen LogP contribution in [0.5, 0.6) is 0 Å². The van der Waals surface area contributed by atoms with E-state index in [-0.39, 0.29) is 47.5 Å². The molecule has 2 N–H and O–H groups in total. The number of halogens is 3. The summed E-state index contributed by atoms with van der Waals surface area (Å²) in [5.74, 6) is -0.983. The third kappa shape index (κ3) is 5.56. The van der Waals surface area contributed by atoms with Gasteiger partial charge in [0, 0.05) is 69.6 Å². The molecule has 11 heteroatoms. The number of amides is 2. The Balaban J connectivity index is 1.51. The van der Waals surface area contributed by atoms with Crippen LogP contribution in [-0.4, -0.2) is 55.7 Å². The number of nitrogens with zero attached hydrogens (tertiary/aromatic N) is 4. The fraction of sp³-hybridized carbons (Fsp3) is 0.414. The Labute approximate surface area is 230 Å². The standard InChI is InChI=1S/C29H32F3N5O3/c1-16(38)12-36-5-4-18(8-28(36)40)19-6-20-14-37(17(2)39)15-24(20)26(7-19)34-27-10-23(29(31)32)22(9-25(27)30)21-11-33-35(3)13-21/h6-7,9-11,13,16,18,29,34,38H,4-5,8,12,14-15H2,1-3H3. The number of benzene rings is 2. The van der Waals surface area contributed by atoms with Gasteiger partial charge in [0.1, 0.15) is 5.82 Å². The molecular weight excluding hydrogens is 523 g/mol. The molecule has 1 fully saturated rings. The molecule has 1 saturated heterocycles. The van der Waals surface area contributed by atoms with E-state index in [0.29, 0.717) is 37.3 Å². The first-order valence-electron chi connectivity index (χ1n) is 13.2. The van der Waals surface area contributed by atoms with E-state index in [4.69, 9.17) is 0 Å². The number of aryl methyl sites for hydroxylation is 1. The number of rotatable bonds is 7. The Morgan fingerprint density at radius 2 is 1.98 bits per heavy atom. The Morgan fingerprint density at radius 3 is 2.60 bits per heavy atom. The predicted octanol–water partition coefficient (Wildman–Crippen LogP) is 4.86. The van der Waals surface area contributed by atoms with Crippen molar-refractivity contribution in [2.24, 2.45) is 7.05 Å². The van der Waals surface area contributed by atoms with Crippen LogP contribution in [0, 0.1) is 5.82 Å². The monoisotopic (exact) mass is 555 g/mol. The van der Waals surface area contributed by atoms with E-state index in [0.717, 1.165) is 28.8 Å². The second kappa shape index (κ2) is 11.0. The van der Waals surface area contributed by atoms with E-state index in [1.807, 2.05) is 12.1 Å². The van der Waals surface area contributed by atoms with Crippen LogP contribution in [0.15, 0.2) is 36.7 Å². The fourth-order valence-electron chi connectivity index (χ4n) is 5.60. The second-order valence-corrected chi connectivity index (χ2v) is 10.7. The van der Waals surface area contributed by atoms with Crippen LogP contribution in [-0.2, 0) is 29.7 Å². The van der Waals surface area contributed by atoms with Crippen molar-refractivity contribution >= 4 is 23.2 Å². The van der Waals surface area contributed by atoms with Crippen molar-refractivity contribution in [3.63, 3.8) is 0 Å². The van der Waals surface area contributed by atoms with Crippen LogP contribution in [0.1, 0.15) is 61.3 Å². The highest BCUT2D eigenvalue weighted by molar-refractivity contribution is 5.79. The maximum atomic E-state index is 15.4. The van der Waals surface area contributed by atoms with E-state index in [2.05, 4.69) is 10.4 Å². The normalized spacial score (nSPS) is 17.9. The molecule has 0 aliphatic carbocycles. The van der Waals surface area contributed by atoms with Crippen molar-refractivity contribution in [3.8, 4) is 11.1 Å². The summed E-state index contributed by atoms with van der Waals surface area (Å²) in [6.07, 6.45) is 0.426. The molecule has 2 aliphatic heterocycles. The number of carbonyl (C=O) groups is 2. The number of β-amino-alcohol motifs (C(OH)–C–C–N with tert-alkyl or cyclic N) is 1. The number of likely N-dealkylation sites (tertiary alicyclic amines) is 1. The van der Waals surface area contributed by atoms with Crippen molar-refractivity contribution < 1.29 is 27.9 Å². The highest BCUT2D eigenvalue weighted by atomic mass is 19.3. The maximum Gasteiger partial charge on any atom is 0.264 e. The van der Waals surface area contributed by atoms with Crippen LogP contribution in [0.25, 0.3) is 11.1 Å². The molecule has 212 valence electrons. The summed E-state index contributed by atoms with van der Waals surface area (Å²) in [7, 11) is 1.65. The summed E-state index contributed by atoms with van der Waals surface area (Å²) in [4.78, 5) is 28.3. The molecule has 3 heterocycles. The Bertz CT molecular complexity index is 1450. The molecule has 0 spiro atoms. The first-order valence-corrected chi connectivity index (χ1v) is 13.2. The van der Waals surface area contributed by atoms with Gasteiger partial charge in [-0.1, -0.05) is 6.07 Å². The van der Waals surface area contributed by atoms with Crippen molar-refractivity contribution in [1.82, 2.24) is 19.6 Å². The Morgan fingerprint density at radius 1 is 1.20 bits per heavy atom. The molecule has 2 aliphatic rings. The second-order valence-electron chi connectivity index (χ2n) is 10.7. The number of carbonyl (C=O) groups excluding carboxylic acids is 2. The fourth-order valence-corrected chi connectivity index (χ4v) is 5.60. The zero-order chi connectivity index (χ0) is 28.7. The van der Waals surface area contributed by atoms with E-state index >= 15 is 4.39 Å². The summed E-state index contributed by atoms with van der Waals surface area (Å²) in [5.41, 5.74) is 3.05. The van der Waals surface area contributed by atoms with Gasteiger partial charge < -0.3 is 20.2 Å². The smallest absolute Gasteiger partial charge is 0.264 e. The third-order valence-corrected chi connectivity index (χ3v) is 7.66. The Hall–Kier alpha value is -3.86. The number of hydrogen-bond acceptors (Lipinski definition) is 5. The van der Waals surface area contributed by atoms with Crippen LogP contribution in [0.3, 0.4) is 0 Å². The van der Waals surface area contributed by atoms with E-state index < -0.39 is 18.3 Å². The summed E-state index contributed by atoms with van der Waals surface area (Å²) < 4.78 is 45.1. The summed E-state index contributed by atoms with van der Waals surface area (Å²) in [5, 5.41) is 16.8. The Kier molecular flexibility index (Phi) is 7.59. The van der Waals surface area contributed by atoms with Gasteiger partial charge in [0.2, 0.25) is 11.8 Å². The number of aromatic nitrogens is 2. The molecule has 3 aromatic rings. The summed E-state index contributed by atoms with van der Waals surface area (Å²) in [6, 6.07) is 6.03. The van der Waals surface area contributed by atoms with Gasteiger partial charge >= 0.3 is 0 Å². The van der Waals surface area contributed by atoms with Gasteiger partial charge in [-0.3, -0.25) is 14.3 Å². The number of fused-ring (bicyclic) bond motifs is 1. The molecule has 2 unspecified atom stereocenters. The van der Waals surface area contributed by atoms with Gasteiger partial charge in [0.05, 0.1) is 18.0 Å². The van der Waals surface area contributed by atoms with Gasteiger partial charge in [-0.15, -0.1) is 0 Å². The van der Waals surface area contributed by atoms with Gasteiger partial charge in [-0.25, -0.2) is 13.2 Å². The van der Waals surface area contributed by atoms with Crippen LogP contribution in [0.4, 0.5) is 24.5 Å². The third-order valence-electron chi connectivity index (χ3n) is 7.66. The van der Waals surface area contributed by atoms with Crippen molar-refractivity contribution in [2.75, 3.05) is 18.4 Å². The van der Waals surface area contributed by atoms with E-state index in [9.17, 15) is 23.5 Å². The molecule has 5 rings (SSSR count). The van der Waals surface area contributed by atoms with E-state index in [1.165, 1.54) is 17.8 Å². The molecule has 2 atom stereocenters. The molecule has 8 nitrogen and oxygen atoms in total. The lowest BCUT2D eigenvalue weighted by molar-refractivity contribution is -0.135. The van der Waals surface area contributed by atoms with Gasteiger partial charge in [0.25, 0.3) is 6.43 Å². The number of aliphatic hydroxyl groups excluding tert-OH is 1. The molecule has 0 radical (unpaired) electrons. The largest absolute Gasteiger partial charge is 0.392 e. The zero-order valence-electron chi connectivity index (χ0n) is 22.6. The minimum Gasteiger partial charge on any atom is -0.392 e. The van der Waals surface area contributed by atoms with Crippen molar-refractivity contribution in [2.45, 2.75) is 58.2 Å². The van der Waals surface area contributed by atoms with Gasteiger partial charge in [-0.2, -0.15) is 5.10 Å². The van der Waals surface area contributed by atoms with Crippen molar-refractivity contribution in [1.29, 1.82) is 0 Å². The SMILES string of the molecule is CC(=O)N1Cc2cc(C3CCN(CC(C)O)C(=O)C3)cc(Nc3cc(C(F)F)c(-c4cnn(C)c4)cc3F)c2C1. The number of hydrogen-bond donors (Lipinski definition) is 2. The molecule has 0 saturated carbocycles. The van der Waals surface area contributed by atoms with Crippen molar-refractivity contribution in [3.05, 3.63) is 64.7 Å². The molecular formula is C29H32F3N5O3. The number of nitrogens with one attached hydrogen (secondary N) is 1. The van der Waals surface area contributed by atoms with Crippen LogP contribution in [0.2, 0.25) is 0 Å². The number of piperidine rings is 1. The molecule has 2 amide bonds. The quantitative estimate of drug-likeness (QED) is 0.435. The minimum absolute atomic E-state index is 0.0591. The first kappa shape index (κ1) is 27.7. The van der Waals surface area contributed by atoms with Crippen LogP contribution >= 0.6 is 0 Å². The average Bonchev–Trinajstić information content (AvgIpc) is 3.52. The van der Waals surface area contributed by atoms with Gasteiger partial charge in [-0.05, 0) is 59.7 Å². The first-order chi connectivity index (χ1) is 19.0. The average molecular weight is 556 g/mol. The molecule has 2 aromatic carbocycles. The lowest BCUT2D eigenvalue weighted by Crippen LogP contribution is -2.41. The molecule has 1 aromatic heterocycles.